The Morgan fingerprint density at radius 2 is 1.64 bits per heavy atom. The van der Waals surface area contributed by atoms with Gasteiger partial charge in [0.1, 0.15) is 11.5 Å². The number of pyridine rings is 1. The number of ether oxygens (including phenoxy) is 2. The van der Waals surface area contributed by atoms with E-state index in [0.29, 0.717) is 0 Å². The molecule has 1 heterocycles. The summed E-state index contributed by atoms with van der Waals surface area (Å²) in [5.74, 6) is 1.67. The quantitative estimate of drug-likeness (QED) is 0.710. The van der Waals surface area contributed by atoms with E-state index in [9.17, 15) is 0 Å². The predicted molar refractivity (Wildman–Crippen MR) is 89.8 cm³/mol. The van der Waals surface area contributed by atoms with Gasteiger partial charge in [0.2, 0.25) is 0 Å². The zero-order valence-electron chi connectivity index (χ0n) is 13.3. The number of aryl methyl sites for hydroxylation is 2. The Kier molecular flexibility index (Phi) is 3.72. The van der Waals surface area contributed by atoms with E-state index in [1.807, 2.05) is 18.2 Å². The van der Waals surface area contributed by atoms with Crippen molar-refractivity contribution >= 4 is 10.9 Å². The lowest BCUT2D eigenvalue weighted by molar-refractivity contribution is 0.414. The molecule has 3 heteroatoms. The molecule has 0 radical (unpaired) electrons. The molecule has 3 nitrogen and oxygen atoms in total. The maximum Gasteiger partial charge on any atom is 0.130 e. The first kappa shape index (κ1) is 14.4. The maximum atomic E-state index is 5.55. The maximum absolute atomic E-state index is 5.55. The molecular formula is C19H19NO2. The van der Waals surface area contributed by atoms with Gasteiger partial charge in [0.05, 0.1) is 25.4 Å². The number of benzene rings is 2. The highest BCUT2D eigenvalue weighted by atomic mass is 16.5. The molecule has 0 bridgehead atoms. The Morgan fingerprint density at radius 3 is 2.36 bits per heavy atom. The van der Waals surface area contributed by atoms with Gasteiger partial charge in [-0.25, -0.2) is 4.98 Å². The first-order chi connectivity index (χ1) is 10.6. The van der Waals surface area contributed by atoms with E-state index in [4.69, 9.17) is 14.5 Å². The number of nitrogens with zero attached hydrogens (tertiary/aromatic N) is 1. The van der Waals surface area contributed by atoms with Crippen molar-refractivity contribution in [2.75, 3.05) is 14.2 Å². The van der Waals surface area contributed by atoms with Gasteiger partial charge in [0, 0.05) is 17.0 Å². The van der Waals surface area contributed by atoms with E-state index in [0.717, 1.165) is 39.2 Å². The molecule has 0 aliphatic carbocycles. The normalized spacial score (nSPS) is 10.7. The smallest absolute Gasteiger partial charge is 0.130 e. The van der Waals surface area contributed by atoms with Crippen LogP contribution in [-0.2, 0) is 0 Å². The lowest BCUT2D eigenvalue weighted by Gasteiger charge is -2.11. The summed E-state index contributed by atoms with van der Waals surface area (Å²) in [5, 5.41) is 1.02. The number of hydrogen-bond donors (Lipinski definition) is 0. The number of hydrogen-bond acceptors (Lipinski definition) is 3. The van der Waals surface area contributed by atoms with Crippen LogP contribution in [0.25, 0.3) is 22.2 Å². The first-order valence-electron chi connectivity index (χ1n) is 7.22. The standard InChI is InChI=1S/C19H19NO2/c1-12-5-6-16-18(9-12)20-17(11-19(16)22-4)14-7-13(2)8-15(10-14)21-3/h5-11H,1-4H3. The van der Waals surface area contributed by atoms with Crippen molar-refractivity contribution < 1.29 is 9.47 Å². The fourth-order valence-electron chi connectivity index (χ4n) is 2.64. The number of aromatic nitrogens is 1. The van der Waals surface area contributed by atoms with Gasteiger partial charge in [0.15, 0.2) is 0 Å². The molecule has 0 saturated carbocycles. The summed E-state index contributed by atoms with van der Waals surface area (Å²) < 4.78 is 10.9. The molecule has 112 valence electrons. The molecule has 22 heavy (non-hydrogen) atoms. The minimum absolute atomic E-state index is 0.833. The van der Waals surface area contributed by atoms with E-state index >= 15 is 0 Å². The van der Waals surface area contributed by atoms with Crippen LogP contribution >= 0.6 is 0 Å². The molecule has 3 aromatic rings. The molecule has 0 saturated heterocycles. The Morgan fingerprint density at radius 1 is 0.818 bits per heavy atom. The Bertz CT molecular complexity index is 840. The Hall–Kier alpha value is -2.55. The van der Waals surface area contributed by atoms with Crippen molar-refractivity contribution in [2.45, 2.75) is 13.8 Å². The average Bonchev–Trinajstić information content (AvgIpc) is 2.52. The molecule has 0 amide bonds. The summed E-state index contributed by atoms with van der Waals surface area (Å²) in [7, 11) is 3.37. The first-order valence-corrected chi connectivity index (χ1v) is 7.22. The van der Waals surface area contributed by atoms with Gasteiger partial charge in [-0.05, 0) is 55.3 Å². The molecule has 1 aromatic heterocycles. The fraction of sp³-hybridized carbons (Fsp3) is 0.211. The molecular weight excluding hydrogens is 274 g/mol. The van der Waals surface area contributed by atoms with Gasteiger partial charge in [-0.3, -0.25) is 0 Å². The van der Waals surface area contributed by atoms with E-state index in [1.165, 1.54) is 5.56 Å². The summed E-state index contributed by atoms with van der Waals surface area (Å²) in [6.45, 7) is 4.12. The van der Waals surface area contributed by atoms with Gasteiger partial charge in [-0.1, -0.05) is 6.07 Å². The van der Waals surface area contributed by atoms with Crippen molar-refractivity contribution in [3.8, 4) is 22.8 Å². The predicted octanol–water partition coefficient (Wildman–Crippen LogP) is 4.54. The Labute approximate surface area is 130 Å². The second kappa shape index (κ2) is 5.68. The average molecular weight is 293 g/mol. The van der Waals surface area contributed by atoms with Gasteiger partial charge >= 0.3 is 0 Å². The van der Waals surface area contributed by atoms with Crippen LogP contribution in [0, 0.1) is 13.8 Å². The summed E-state index contributed by atoms with van der Waals surface area (Å²) in [4.78, 5) is 4.80. The van der Waals surface area contributed by atoms with E-state index < -0.39 is 0 Å². The number of fused-ring (bicyclic) bond motifs is 1. The zero-order chi connectivity index (χ0) is 15.7. The van der Waals surface area contributed by atoms with E-state index in [1.54, 1.807) is 14.2 Å². The van der Waals surface area contributed by atoms with Crippen molar-refractivity contribution in [3.63, 3.8) is 0 Å². The molecule has 0 aliphatic rings. The SMILES string of the molecule is COc1cc(C)cc(-c2cc(OC)c3ccc(C)cc3n2)c1. The largest absolute Gasteiger partial charge is 0.497 e. The lowest BCUT2D eigenvalue weighted by atomic mass is 10.0. The fourth-order valence-corrected chi connectivity index (χ4v) is 2.64. The van der Waals surface area contributed by atoms with Crippen LogP contribution in [0.4, 0.5) is 0 Å². The van der Waals surface area contributed by atoms with Gasteiger partial charge in [-0.15, -0.1) is 0 Å². The third-order valence-corrected chi connectivity index (χ3v) is 3.73. The second-order valence-electron chi connectivity index (χ2n) is 5.47. The molecule has 2 aromatic carbocycles. The summed E-state index contributed by atoms with van der Waals surface area (Å²) >= 11 is 0. The van der Waals surface area contributed by atoms with Crippen LogP contribution in [-0.4, -0.2) is 19.2 Å². The molecule has 3 rings (SSSR count). The van der Waals surface area contributed by atoms with Crippen LogP contribution < -0.4 is 9.47 Å². The highest BCUT2D eigenvalue weighted by Gasteiger charge is 2.09. The van der Waals surface area contributed by atoms with Gasteiger partial charge in [-0.2, -0.15) is 0 Å². The second-order valence-corrected chi connectivity index (χ2v) is 5.47. The third kappa shape index (κ3) is 2.62. The van der Waals surface area contributed by atoms with Crippen LogP contribution in [0.2, 0.25) is 0 Å². The van der Waals surface area contributed by atoms with Crippen LogP contribution in [0.3, 0.4) is 0 Å². The Balaban J connectivity index is 2.24. The van der Waals surface area contributed by atoms with Crippen molar-refractivity contribution in [1.29, 1.82) is 0 Å². The summed E-state index contributed by atoms with van der Waals surface area (Å²) in [5.41, 5.74) is 5.17. The van der Waals surface area contributed by atoms with Crippen LogP contribution in [0.15, 0.2) is 42.5 Å². The molecule has 0 unspecified atom stereocenters. The third-order valence-electron chi connectivity index (χ3n) is 3.73. The van der Waals surface area contributed by atoms with Crippen molar-refractivity contribution in [2.24, 2.45) is 0 Å². The molecule has 0 spiro atoms. The minimum Gasteiger partial charge on any atom is -0.497 e. The molecule has 0 fully saturated rings. The highest BCUT2D eigenvalue weighted by molar-refractivity contribution is 5.88. The van der Waals surface area contributed by atoms with Crippen LogP contribution in [0.1, 0.15) is 11.1 Å². The number of rotatable bonds is 3. The van der Waals surface area contributed by atoms with Crippen LogP contribution in [0.5, 0.6) is 11.5 Å². The minimum atomic E-state index is 0.833. The van der Waals surface area contributed by atoms with Crippen molar-refractivity contribution in [1.82, 2.24) is 4.98 Å². The summed E-state index contributed by atoms with van der Waals surface area (Å²) in [6, 6.07) is 14.3. The monoisotopic (exact) mass is 293 g/mol. The highest BCUT2D eigenvalue weighted by Crippen LogP contribution is 2.32. The lowest BCUT2D eigenvalue weighted by Crippen LogP contribution is -1.93. The van der Waals surface area contributed by atoms with Crippen molar-refractivity contribution in [3.05, 3.63) is 53.6 Å². The topological polar surface area (TPSA) is 31.4 Å². The molecule has 0 N–H and O–H groups in total. The van der Waals surface area contributed by atoms with Gasteiger partial charge in [0.25, 0.3) is 0 Å². The zero-order valence-corrected chi connectivity index (χ0v) is 13.3. The number of methoxy groups -OCH3 is 2. The molecule has 0 atom stereocenters. The summed E-state index contributed by atoms with van der Waals surface area (Å²) in [6.07, 6.45) is 0. The molecule has 0 aliphatic heterocycles. The van der Waals surface area contributed by atoms with E-state index in [-0.39, 0.29) is 0 Å². The van der Waals surface area contributed by atoms with Gasteiger partial charge < -0.3 is 9.47 Å². The van der Waals surface area contributed by atoms with E-state index in [2.05, 4.69) is 38.1 Å².